The van der Waals surface area contributed by atoms with E-state index in [4.69, 9.17) is 12.2 Å². The average Bonchev–Trinajstić information content (AvgIpc) is 3.10. The van der Waals surface area contributed by atoms with Crippen LogP contribution in [-0.2, 0) is 11.2 Å². The number of thiophene rings is 1. The lowest BCUT2D eigenvalue weighted by molar-refractivity contribution is -0.114. The summed E-state index contributed by atoms with van der Waals surface area (Å²) in [5.74, 6) is -0.0720. The lowest BCUT2D eigenvalue weighted by atomic mass is 10.1. The standard InChI is InChI=1S/C19H20N2OS2/c1-5-15-8-9-16(24-15)11-17-18(22)21(19(23)20(17)4)14-7-6-12(2)13(3)10-14/h6-11H,5H2,1-4H3/b17-11-. The van der Waals surface area contributed by atoms with Gasteiger partial charge < -0.3 is 4.90 Å². The number of carbonyl (C=O) groups excluding carboxylic acids is 1. The molecule has 0 bridgehead atoms. The maximum atomic E-state index is 12.9. The van der Waals surface area contributed by atoms with Crippen molar-refractivity contribution in [1.82, 2.24) is 4.90 Å². The Morgan fingerprint density at radius 3 is 2.54 bits per heavy atom. The Morgan fingerprint density at radius 2 is 1.92 bits per heavy atom. The number of nitrogens with zero attached hydrogens (tertiary/aromatic N) is 2. The Balaban J connectivity index is 1.98. The van der Waals surface area contributed by atoms with Crippen molar-refractivity contribution in [2.75, 3.05) is 11.9 Å². The van der Waals surface area contributed by atoms with E-state index in [-0.39, 0.29) is 5.91 Å². The van der Waals surface area contributed by atoms with Crippen LogP contribution in [0.15, 0.2) is 36.0 Å². The van der Waals surface area contributed by atoms with Crippen molar-refractivity contribution in [3.8, 4) is 0 Å². The Kier molecular flexibility index (Phi) is 4.56. The molecule has 3 rings (SSSR count). The maximum Gasteiger partial charge on any atom is 0.281 e. The van der Waals surface area contributed by atoms with Crippen LogP contribution in [0, 0.1) is 13.8 Å². The molecular weight excluding hydrogens is 336 g/mol. The van der Waals surface area contributed by atoms with Gasteiger partial charge in [-0.05, 0) is 74.0 Å². The SMILES string of the molecule is CCc1ccc(/C=C2/C(=O)N(c3ccc(C)c(C)c3)C(=S)N2C)s1. The largest absolute Gasteiger partial charge is 0.317 e. The van der Waals surface area contributed by atoms with Gasteiger partial charge in [0.15, 0.2) is 5.11 Å². The van der Waals surface area contributed by atoms with Crippen LogP contribution >= 0.6 is 23.6 Å². The quantitative estimate of drug-likeness (QED) is 0.596. The van der Waals surface area contributed by atoms with Gasteiger partial charge >= 0.3 is 0 Å². The van der Waals surface area contributed by atoms with Gasteiger partial charge in [-0.3, -0.25) is 9.69 Å². The van der Waals surface area contributed by atoms with E-state index in [1.807, 2.05) is 38.2 Å². The van der Waals surface area contributed by atoms with Crippen LogP contribution in [0.1, 0.15) is 27.8 Å². The first-order valence-electron chi connectivity index (χ1n) is 7.92. The summed E-state index contributed by atoms with van der Waals surface area (Å²) in [5, 5.41) is 0.516. The Morgan fingerprint density at radius 1 is 1.17 bits per heavy atom. The third-order valence-corrected chi connectivity index (χ3v) is 5.95. The number of carbonyl (C=O) groups is 1. The number of anilines is 1. The Bertz CT molecular complexity index is 851. The predicted molar refractivity (Wildman–Crippen MR) is 105 cm³/mol. The molecule has 2 aromatic rings. The fourth-order valence-corrected chi connectivity index (χ4v) is 3.82. The third kappa shape index (κ3) is 2.89. The molecule has 124 valence electrons. The molecule has 1 aromatic heterocycles. The number of hydrogen-bond donors (Lipinski definition) is 0. The summed E-state index contributed by atoms with van der Waals surface area (Å²) in [4.78, 5) is 18.7. The van der Waals surface area contributed by atoms with Gasteiger partial charge in [0.2, 0.25) is 0 Å². The first-order valence-corrected chi connectivity index (χ1v) is 9.14. The zero-order valence-electron chi connectivity index (χ0n) is 14.3. The van der Waals surface area contributed by atoms with Crippen LogP contribution in [0.25, 0.3) is 6.08 Å². The molecule has 1 saturated heterocycles. The predicted octanol–water partition coefficient (Wildman–Crippen LogP) is 4.53. The number of benzene rings is 1. The van der Waals surface area contributed by atoms with Gasteiger partial charge in [-0.15, -0.1) is 11.3 Å². The van der Waals surface area contributed by atoms with Crippen molar-refractivity contribution in [1.29, 1.82) is 0 Å². The van der Waals surface area contributed by atoms with Crippen molar-refractivity contribution in [3.05, 3.63) is 56.9 Å². The minimum absolute atomic E-state index is 0.0720. The monoisotopic (exact) mass is 356 g/mol. The molecule has 24 heavy (non-hydrogen) atoms. The molecule has 0 saturated carbocycles. The molecule has 0 aliphatic carbocycles. The highest BCUT2D eigenvalue weighted by Gasteiger charge is 2.36. The van der Waals surface area contributed by atoms with Gasteiger partial charge in [-0.1, -0.05) is 13.0 Å². The third-order valence-electron chi connectivity index (χ3n) is 4.32. The van der Waals surface area contributed by atoms with Crippen LogP contribution < -0.4 is 4.90 Å². The van der Waals surface area contributed by atoms with Gasteiger partial charge in [0.05, 0.1) is 5.69 Å². The van der Waals surface area contributed by atoms with Crippen molar-refractivity contribution in [2.24, 2.45) is 0 Å². The summed E-state index contributed by atoms with van der Waals surface area (Å²) >= 11 is 7.22. The van der Waals surface area contributed by atoms with E-state index < -0.39 is 0 Å². The highest BCUT2D eigenvalue weighted by molar-refractivity contribution is 7.80. The molecule has 2 heterocycles. The summed E-state index contributed by atoms with van der Waals surface area (Å²) in [6.07, 6.45) is 2.93. The Labute approximate surface area is 152 Å². The second kappa shape index (κ2) is 6.49. The molecule has 1 aliphatic heterocycles. The molecular formula is C19H20N2OS2. The summed E-state index contributed by atoms with van der Waals surface area (Å²) in [6, 6.07) is 10.1. The lowest BCUT2D eigenvalue weighted by Crippen LogP contribution is -2.31. The molecule has 0 unspecified atom stereocenters. The van der Waals surface area contributed by atoms with Crippen molar-refractivity contribution < 1.29 is 4.79 Å². The minimum atomic E-state index is -0.0720. The van der Waals surface area contributed by atoms with Gasteiger partial charge in [0, 0.05) is 16.8 Å². The first-order chi connectivity index (χ1) is 11.4. The topological polar surface area (TPSA) is 23.6 Å². The zero-order valence-corrected chi connectivity index (χ0v) is 15.9. The molecule has 0 atom stereocenters. The molecule has 1 aliphatic rings. The van der Waals surface area contributed by atoms with Crippen molar-refractivity contribution in [2.45, 2.75) is 27.2 Å². The molecule has 0 spiro atoms. The summed E-state index contributed by atoms with van der Waals surface area (Å²) in [7, 11) is 1.85. The maximum absolute atomic E-state index is 12.9. The number of thiocarbonyl (C=S) groups is 1. The molecule has 1 aromatic carbocycles. The van der Waals surface area contributed by atoms with Gasteiger partial charge in [-0.2, -0.15) is 0 Å². The van der Waals surface area contributed by atoms with Gasteiger partial charge in [0.25, 0.3) is 5.91 Å². The van der Waals surface area contributed by atoms with E-state index in [1.165, 1.54) is 10.4 Å². The van der Waals surface area contributed by atoms with Crippen LogP contribution in [0.2, 0.25) is 0 Å². The number of amides is 1. The van der Waals surface area contributed by atoms with Crippen LogP contribution in [0.4, 0.5) is 5.69 Å². The zero-order chi connectivity index (χ0) is 17.4. The second-order valence-corrected chi connectivity index (χ2v) is 7.50. The average molecular weight is 357 g/mol. The van der Waals surface area contributed by atoms with Gasteiger partial charge in [-0.25, -0.2) is 0 Å². The highest BCUT2D eigenvalue weighted by atomic mass is 32.1. The van der Waals surface area contributed by atoms with Crippen LogP contribution in [-0.4, -0.2) is 23.0 Å². The molecule has 0 N–H and O–H groups in total. The summed E-state index contributed by atoms with van der Waals surface area (Å²) < 4.78 is 0. The summed E-state index contributed by atoms with van der Waals surface area (Å²) in [6.45, 7) is 6.23. The molecule has 1 fully saturated rings. The van der Waals surface area contributed by atoms with Crippen LogP contribution in [0.5, 0.6) is 0 Å². The molecule has 0 radical (unpaired) electrons. The number of hydrogen-bond acceptors (Lipinski definition) is 3. The van der Waals surface area contributed by atoms with E-state index in [2.05, 4.69) is 26.0 Å². The fraction of sp³-hybridized carbons (Fsp3) is 0.263. The number of aryl methyl sites for hydroxylation is 3. The van der Waals surface area contributed by atoms with E-state index in [1.54, 1.807) is 21.1 Å². The minimum Gasteiger partial charge on any atom is -0.317 e. The molecule has 1 amide bonds. The molecule has 3 nitrogen and oxygen atoms in total. The van der Waals surface area contributed by atoms with Crippen molar-refractivity contribution in [3.63, 3.8) is 0 Å². The lowest BCUT2D eigenvalue weighted by Gasteiger charge is -2.17. The second-order valence-electron chi connectivity index (χ2n) is 5.94. The smallest absolute Gasteiger partial charge is 0.281 e. The van der Waals surface area contributed by atoms with Crippen LogP contribution in [0.3, 0.4) is 0 Å². The molecule has 5 heteroatoms. The van der Waals surface area contributed by atoms with E-state index in [0.717, 1.165) is 22.5 Å². The fourth-order valence-electron chi connectivity index (χ4n) is 2.65. The highest BCUT2D eigenvalue weighted by Crippen LogP contribution is 2.30. The number of rotatable bonds is 3. The van der Waals surface area contributed by atoms with E-state index >= 15 is 0 Å². The van der Waals surface area contributed by atoms with E-state index in [9.17, 15) is 4.79 Å². The summed E-state index contributed by atoms with van der Waals surface area (Å²) in [5.41, 5.74) is 3.78. The first kappa shape index (κ1) is 16.9. The van der Waals surface area contributed by atoms with E-state index in [0.29, 0.717) is 10.8 Å². The van der Waals surface area contributed by atoms with Crippen molar-refractivity contribution >= 4 is 46.3 Å². The Hall–Kier alpha value is -1.98. The van der Waals surface area contributed by atoms with Gasteiger partial charge in [0.1, 0.15) is 5.70 Å². The number of likely N-dealkylation sites (N-methyl/N-ethyl adjacent to an activating group) is 1. The normalized spacial score (nSPS) is 16.6.